The molecule has 0 spiro atoms. The molecular formula is C22H26ClN3. The van der Waals surface area contributed by atoms with Crippen LogP contribution in [-0.2, 0) is 19.4 Å². The Bertz CT molecular complexity index is 955. The summed E-state index contributed by atoms with van der Waals surface area (Å²) in [6.45, 7) is 6.46. The van der Waals surface area contributed by atoms with E-state index in [0.29, 0.717) is 0 Å². The number of aromatic nitrogens is 2. The van der Waals surface area contributed by atoms with E-state index in [9.17, 15) is 0 Å². The van der Waals surface area contributed by atoms with E-state index >= 15 is 0 Å². The summed E-state index contributed by atoms with van der Waals surface area (Å²) in [5.74, 6) is 0.859. The molecule has 0 unspecified atom stereocenters. The number of aryl methyl sites for hydroxylation is 2. The fourth-order valence-corrected chi connectivity index (χ4v) is 4.23. The van der Waals surface area contributed by atoms with Crippen LogP contribution in [0.3, 0.4) is 0 Å². The number of anilines is 1. The van der Waals surface area contributed by atoms with E-state index in [1.54, 1.807) is 0 Å². The van der Waals surface area contributed by atoms with Gasteiger partial charge in [-0.25, -0.2) is 0 Å². The van der Waals surface area contributed by atoms with Crippen LogP contribution < -0.4 is 4.90 Å². The number of H-pyrrole nitrogens is 1. The summed E-state index contributed by atoms with van der Waals surface area (Å²) in [5, 5.41) is 1.38. The maximum Gasteiger partial charge on any atom is 0.0801 e. The van der Waals surface area contributed by atoms with Gasteiger partial charge in [-0.2, -0.15) is 0 Å². The Balaban J connectivity index is 0.00000168. The summed E-state index contributed by atoms with van der Waals surface area (Å²) in [6.07, 6.45) is 7.11. The topological polar surface area (TPSA) is 31.9 Å². The van der Waals surface area contributed by atoms with Crippen molar-refractivity contribution in [2.24, 2.45) is 5.92 Å². The zero-order chi connectivity index (χ0) is 17.0. The van der Waals surface area contributed by atoms with Crippen LogP contribution in [0, 0.1) is 19.8 Å². The molecule has 0 radical (unpaired) electrons. The third-order valence-electron chi connectivity index (χ3n) is 6.04. The SMILES string of the molecule is Cc1[nH]c2c(N3CCc4ccccc4C3)cnc(CC3CC3)c2c1C.Cl. The maximum atomic E-state index is 4.93. The summed E-state index contributed by atoms with van der Waals surface area (Å²) in [4.78, 5) is 11.1. The maximum absolute atomic E-state index is 4.93. The van der Waals surface area contributed by atoms with Crippen LogP contribution in [0.5, 0.6) is 0 Å². The number of rotatable bonds is 3. The number of pyridine rings is 1. The van der Waals surface area contributed by atoms with Gasteiger partial charge in [0.2, 0.25) is 0 Å². The Hall–Kier alpha value is -2.00. The lowest BCUT2D eigenvalue weighted by Gasteiger charge is -2.31. The van der Waals surface area contributed by atoms with Gasteiger partial charge >= 0.3 is 0 Å². The average molecular weight is 368 g/mol. The molecule has 1 aromatic carbocycles. The molecule has 4 heteroatoms. The predicted octanol–water partition coefficient (Wildman–Crippen LogP) is 5.12. The molecule has 2 aromatic heterocycles. The van der Waals surface area contributed by atoms with Gasteiger partial charge in [-0.05, 0) is 62.1 Å². The van der Waals surface area contributed by atoms with Crippen molar-refractivity contribution in [1.29, 1.82) is 0 Å². The summed E-state index contributed by atoms with van der Waals surface area (Å²) in [6, 6.07) is 8.83. The highest BCUT2D eigenvalue weighted by molar-refractivity contribution is 5.96. The minimum atomic E-state index is 0. The lowest BCUT2D eigenvalue weighted by molar-refractivity contribution is 0.730. The number of aromatic amines is 1. The first-order valence-corrected chi connectivity index (χ1v) is 9.49. The van der Waals surface area contributed by atoms with Crippen LogP contribution in [0.25, 0.3) is 10.9 Å². The Morgan fingerprint density at radius 2 is 1.92 bits per heavy atom. The van der Waals surface area contributed by atoms with Crippen molar-refractivity contribution in [1.82, 2.24) is 9.97 Å². The number of fused-ring (bicyclic) bond motifs is 2. The lowest BCUT2D eigenvalue weighted by atomic mass is 9.99. The molecule has 2 aliphatic rings. The molecule has 26 heavy (non-hydrogen) atoms. The minimum Gasteiger partial charge on any atom is -0.364 e. The zero-order valence-corrected chi connectivity index (χ0v) is 16.3. The largest absolute Gasteiger partial charge is 0.364 e. The van der Waals surface area contributed by atoms with Crippen molar-refractivity contribution in [2.75, 3.05) is 11.4 Å². The van der Waals surface area contributed by atoms with E-state index in [4.69, 9.17) is 4.98 Å². The lowest BCUT2D eigenvalue weighted by Crippen LogP contribution is -2.30. The van der Waals surface area contributed by atoms with Crippen LogP contribution in [0.1, 0.15) is 40.9 Å². The molecule has 5 rings (SSSR count). The van der Waals surface area contributed by atoms with Gasteiger partial charge in [-0.1, -0.05) is 24.3 Å². The van der Waals surface area contributed by atoms with Gasteiger partial charge in [0.05, 0.1) is 23.1 Å². The van der Waals surface area contributed by atoms with Gasteiger partial charge in [-0.3, -0.25) is 4.98 Å². The number of hydrogen-bond donors (Lipinski definition) is 1. The van der Waals surface area contributed by atoms with E-state index < -0.39 is 0 Å². The number of nitrogens with zero attached hydrogens (tertiary/aromatic N) is 2. The standard InChI is InChI=1S/C22H25N3.ClH/c1-14-15(2)24-22-20(12-23-19(21(14)22)11-16-7-8-16)25-10-9-17-5-3-4-6-18(17)13-25;/h3-6,12,16,24H,7-11,13H2,1-2H3;1H. The summed E-state index contributed by atoms with van der Waals surface area (Å²) >= 11 is 0. The van der Waals surface area contributed by atoms with Gasteiger partial charge in [0.1, 0.15) is 0 Å². The van der Waals surface area contributed by atoms with E-state index in [-0.39, 0.29) is 12.4 Å². The molecule has 0 bridgehead atoms. The molecule has 3 heterocycles. The smallest absolute Gasteiger partial charge is 0.0801 e. The van der Waals surface area contributed by atoms with Crippen molar-refractivity contribution in [2.45, 2.75) is 46.1 Å². The van der Waals surface area contributed by atoms with Crippen LogP contribution in [0.2, 0.25) is 0 Å². The van der Waals surface area contributed by atoms with Gasteiger partial charge in [-0.15, -0.1) is 12.4 Å². The molecule has 0 amide bonds. The summed E-state index contributed by atoms with van der Waals surface area (Å²) in [5.41, 5.74) is 9.44. The first kappa shape index (κ1) is 17.4. The predicted molar refractivity (Wildman–Crippen MR) is 110 cm³/mol. The fourth-order valence-electron chi connectivity index (χ4n) is 4.23. The molecule has 136 valence electrons. The Morgan fingerprint density at radius 3 is 2.69 bits per heavy atom. The number of nitrogens with one attached hydrogen (secondary N) is 1. The van der Waals surface area contributed by atoms with E-state index in [0.717, 1.165) is 31.8 Å². The Labute approximate surface area is 161 Å². The van der Waals surface area contributed by atoms with E-state index in [1.807, 2.05) is 0 Å². The van der Waals surface area contributed by atoms with Crippen LogP contribution >= 0.6 is 12.4 Å². The van der Waals surface area contributed by atoms with Gasteiger partial charge in [0, 0.05) is 24.2 Å². The second kappa shape index (κ2) is 6.62. The summed E-state index contributed by atoms with van der Waals surface area (Å²) in [7, 11) is 0. The van der Waals surface area contributed by atoms with Gasteiger partial charge in [0.25, 0.3) is 0 Å². The first-order chi connectivity index (χ1) is 12.2. The molecule has 0 saturated heterocycles. The average Bonchev–Trinajstić information content (AvgIpc) is 3.40. The van der Waals surface area contributed by atoms with Gasteiger partial charge in [0.15, 0.2) is 0 Å². The number of halogens is 1. The molecule has 1 aliphatic carbocycles. The minimum absolute atomic E-state index is 0. The molecule has 1 N–H and O–H groups in total. The van der Waals surface area contributed by atoms with Crippen LogP contribution in [-0.4, -0.2) is 16.5 Å². The second-order valence-corrected chi connectivity index (χ2v) is 7.80. The van der Waals surface area contributed by atoms with Crippen molar-refractivity contribution in [3.63, 3.8) is 0 Å². The van der Waals surface area contributed by atoms with Crippen LogP contribution in [0.4, 0.5) is 5.69 Å². The van der Waals surface area contributed by atoms with E-state index in [2.05, 4.69) is 54.2 Å². The van der Waals surface area contributed by atoms with E-state index in [1.165, 1.54) is 57.5 Å². The molecule has 1 saturated carbocycles. The molecule has 1 aliphatic heterocycles. The molecule has 3 nitrogen and oxygen atoms in total. The van der Waals surface area contributed by atoms with Gasteiger partial charge < -0.3 is 9.88 Å². The quantitative estimate of drug-likeness (QED) is 0.697. The third kappa shape index (κ3) is 2.88. The fraction of sp³-hybridized carbons (Fsp3) is 0.409. The normalized spacial score (nSPS) is 16.5. The summed E-state index contributed by atoms with van der Waals surface area (Å²) < 4.78 is 0. The second-order valence-electron chi connectivity index (χ2n) is 7.80. The van der Waals surface area contributed by atoms with Crippen molar-refractivity contribution in [3.8, 4) is 0 Å². The Kier molecular flexibility index (Phi) is 4.44. The first-order valence-electron chi connectivity index (χ1n) is 9.49. The highest BCUT2D eigenvalue weighted by atomic mass is 35.5. The van der Waals surface area contributed by atoms with Crippen molar-refractivity contribution in [3.05, 3.63) is 58.5 Å². The number of hydrogen-bond acceptors (Lipinski definition) is 2. The van der Waals surface area contributed by atoms with Crippen LogP contribution in [0.15, 0.2) is 30.5 Å². The third-order valence-corrected chi connectivity index (χ3v) is 6.04. The monoisotopic (exact) mass is 367 g/mol. The highest BCUT2D eigenvalue weighted by Crippen LogP contribution is 2.38. The molecular weight excluding hydrogens is 342 g/mol. The van der Waals surface area contributed by atoms with Crippen molar-refractivity contribution < 1.29 is 0 Å². The molecule has 0 atom stereocenters. The molecule has 3 aromatic rings. The molecule has 1 fully saturated rings. The highest BCUT2D eigenvalue weighted by Gasteiger charge is 2.26. The number of benzene rings is 1. The Morgan fingerprint density at radius 1 is 1.15 bits per heavy atom. The van der Waals surface area contributed by atoms with Crippen molar-refractivity contribution >= 4 is 29.0 Å². The zero-order valence-electron chi connectivity index (χ0n) is 15.5.